The zero-order valence-corrected chi connectivity index (χ0v) is 42.1. The van der Waals surface area contributed by atoms with E-state index >= 15 is 0 Å². The van der Waals surface area contributed by atoms with Gasteiger partial charge in [0.05, 0.1) is 6.61 Å². The van der Waals surface area contributed by atoms with Crippen LogP contribution in [0.25, 0.3) is 0 Å². The van der Waals surface area contributed by atoms with Crippen molar-refractivity contribution in [2.45, 2.75) is 211 Å². The Labute approximate surface area is 397 Å². The van der Waals surface area contributed by atoms with Gasteiger partial charge < -0.3 is 49.3 Å². The van der Waals surface area contributed by atoms with Gasteiger partial charge in [0.2, 0.25) is 0 Å². The van der Waals surface area contributed by atoms with Crippen molar-refractivity contribution in [2.75, 3.05) is 13.2 Å². The largest absolute Gasteiger partial charge is 0.472 e. The molecule has 0 amide bonds. The van der Waals surface area contributed by atoms with Gasteiger partial charge in [0.15, 0.2) is 6.10 Å². The summed E-state index contributed by atoms with van der Waals surface area (Å²) in [7, 11) is -16.6. The fourth-order valence-electron chi connectivity index (χ4n) is 7.05. The highest BCUT2D eigenvalue weighted by Crippen LogP contribution is 2.51. The van der Waals surface area contributed by atoms with Gasteiger partial charge in [0.1, 0.15) is 43.2 Å². The number of phosphoric ester groups is 3. The quantitative estimate of drug-likeness (QED) is 0.0123. The zero-order valence-electron chi connectivity index (χ0n) is 39.5. The van der Waals surface area contributed by atoms with E-state index in [4.69, 9.17) is 18.5 Å². The Morgan fingerprint density at radius 3 is 1.37 bits per heavy atom. The minimum atomic E-state index is -5.61. The molecular weight excluding hydrogens is 937 g/mol. The first-order valence-corrected chi connectivity index (χ1v) is 28.5. The maximum Gasteiger partial charge on any atom is 0.472 e. The van der Waals surface area contributed by atoms with Gasteiger partial charge in [-0.2, -0.15) is 0 Å². The van der Waals surface area contributed by atoms with Crippen LogP contribution in [0.15, 0.2) is 48.6 Å². The molecule has 19 nitrogen and oxygen atoms in total. The fraction of sp³-hybridized carbons (Fsp3) is 0.778. The smallest absolute Gasteiger partial charge is 0.462 e. The van der Waals surface area contributed by atoms with Crippen molar-refractivity contribution in [3.05, 3.63) is 48.6 Å². The number of aliphatic hydroxyl groups excluding tert-OH is 3. The molecule has 0 aliphatic heterocycles. The van der Waals surface area contributed by atoms with Crippen molar-refractivity contribution in [3.63, 3.8) is 0 Å². The second-order valence-corrected chi connectivity index (χ2v) is 20.5. The maximum absolute atomic E-state index is 13.1. The number of carbonyl (C=O) groups is 2. The third kappa shape index (κ3) is 33.4. The molecule has 0 bridgehead atoms. The van der Waals surface area contributed by atoms with Crippen molar-refractivity contribution >= 4 is 35.4 Å². The second-order valence-electron chi connectivity index (χ2n) is 16.7. The summed E-state index contributed by atoms with van der Waals surface area (Å²) in [5.41, 5.74) is 0. The number of ether oxygens (including phenoxy) is 2. The predicted molar refractivity (Wildman–Crippen MR) is 252 cm³/mol. The highest BCUT2D eigenvalue weighted by atomic mass is 31.2. The first-order valence-electron chi connectivity index (χ1n) is 23.9. The Morgan fingerprint density at radius 2 is 0.881 bits per heavy atom. The van der Waals surface area contributed by atoms with Crippen molar-refractivity contribution < 1.29 is 90.6 Å². The Bertz CT molecular complexity index is 1590. The number of rotatable bonds is 40. The molecule has 8 atom stereocenters. The lowest BCUT2D eigenvalue weighted by molar-refractivity contribution is -0.213. The molecule has 67 heavy (non-hydrogen) atoms. The minimum Gasteiger partial charge on any atom is -0.462 e. The van der Waals surface area contributed by atoms with E-state index in [0.29, 0.717) is 25.7 Å². The topological polar surface area (TPSA) is 303 Å². The number of unbranched alkanes of at least 4 members (excludes halogenated alkanes) is 16. The molecule has 0 radical (unpaired) electrons. The molecule has 390 valence electrons. The van der Waals surface area contributed by atoms with E-state index in [1.807, 2.05) is 18.2 Å². The van der Waals surface area contributed by atoms with Gasteiger partial charge in [-0.15, -0.1) is 0 Å². The lowest BCUT2D eigenvalue weighted by atomic mass is 9.85. The normalized spacial score (nSPS) is 22.0. The molecular formula is C45H81O19P3. The van der Waals surface area contributed by atoms with Crippen LogP contribution >= 0.6 is 23.5 Å². The second kappa shape index (κ2) is 37.0. The Kier molecular flexibility index (Phi) is 34.8. The van der Waals surface area contributed by atoms with Crippen molar-refractivity contribution in [3.8, 4) is 0 Å². The maximum atomic E-state index is 13.1. The van der Waals surface area contributed by atoms with E-state index in [0.717, 1.165) is 44.9 Å². The molecule has 1 aliphatic carbocycles. The average Bonchev–Trinajstić information content (AvgIpc) is 3.25. The summed E-state index contributed by atoms with van der Waals surface area (Å²) in [5.74, 6) is -1.36. The molecule has 22 heteroatoms. The monoisotopic (exact) mass is 1020 g/mol. The van der Waals surface area contributed by atoms with Gasteiger partial charge >= 0.3 is 35.4 Å². The fourth-order valence-corrected chi connectivity index (χ4v) is 9.14. The van der Waals surface area contributed by atoms with Gasteiger partial charge in [0.25, 0.3) is 0 Å². The van der Waals surface area contributed by atoms with E-state index in [9.17, 15) is 63.1 Å². The summed E-state index contributed by atoms with van der Waals surface area (Å²) in [5, 5.41) is 31.9. The van der Waals surface area contributed by atoms with Crippen LogP contribution in [0.5, 0.6) is 0 Å². The third-order valence-corrected chi connectivity index (χ3v) is 12.7. The van der Waals surface area contributed by atoms with Crippen LogP contribution < -0.4 is 0 Å². The summed E-state index contributed by atoms with van der Waals surface area (Å²) >= 11 is 0. The molecule has 8 N–H and O–H groups in total. The van der Waals surface area contributed by atoms with Gasteiger partial charge in [-0.25, -0.2) is 13.7 Å². The van der Waals surface area contributed by atoms with Crippen LogP contribution in [0.3, 0.4) is 0 Å². The van der Waals surface area contributed by atoms with Crippen LogP contribution in [-0.4, -0.2) is 108 Å². The number of esters is 2. The molecule has 0 aromatic rings. The van der Waals surface area contributed by atoms with Crippen LogP contribution in [0.2, 0.25) is 0 Å². The van der Waals surface area contributed by atoms with Gasteiger partial charge in [-0.05, 0) is 51.4 Å². The number of carbonyl (C=O) groups excluding carboxylic acids is 2. The van der Waals surface area contributed by atoms with Crippen LogP contribution in [0.4, 0.5) is 0 Å². The van der Waals surface area contributed by atoms with Crippen LogP contribution in [0.1, 0.15) is 168 Å². The lowest BCUT2D eigenvalue weighted by Gasteiger charge is -2.44. The van der Waals surface area contributed by atoms with Gasteiger partial charge in [-0.3, -0.25) is 27.7 Å². The minimum absolute atomic E-state index is 0.0698. The summed E-state index contributed by atoms with van der Waals surface area (Å²) in [6.07, 6.45) is 22.8. The van der Waals surface area contributed by atoms with E-state index in [1.54, 1.807) is 0 Å². The highest BCUT2D eigenvalue weighted by Gasteiger charge is 2.56. The first-order chi connectivity index (χ1) is 31.8. The summed E-state index contributed by atoms with van der Waals surface area (Å²) in [4.78, 5) is 73.1. The Balaban J connectivity index is 2.78. The van der Waals surface area contributed by atoms with E-state index in [2.05, 4.69) is 53.3 Å². The molecule has 5 unspecified atom stereocenters. The summed E-state index contributed by atoms with van der Waals surface area (Å²) < 4.78 is 65.4. The molecule has 0 spiro atoms. The molecule has 0 heterocycles. The lowest BCUT2D eigenvalue weighted by Crippen LogP contribution is -2.65. The standard InChI is InChI=1S/C45H81O19P3/c1-3-5-7-9-11-13-15-17-18-19-20-22-24-26-28-30-32-34-39(47)61-37(35-59-38(46)33-31-29-27-25-23-21-16-14-12-10-8-6-4-2)36-60-67(57,58)64-43-40(48)41(49)44(62-65(51,52)53)45(42(43)50)63-66(54,55)56/h11,13,17-18,20,22,26,28,37,40-45,48-50H,3-10,12,14-16,19,21,23-25,27,29-36H2,1-2H3,(H,57,58)(H2,51,52,53)(H2,54,55,56)/b13-11-,18-17-,22-20-,28-26-/t37-,40?,41?,42?,43+,44?,45+/m1/s1. The number of allylic oxidation sites excluding steroid dienone is 8. The van der Waals surface area contributed by atoms with E-state index < -0.39 is 91.3 Å². The SMILES string of the molecule is CCCCC/C=C\C/C=C\C/C=C\C/C=C\CCCC(=O)O[C@H](COC(=O)CCCCCCCCCCCCCCC)COP(=O)(O)O[C@H]1C(O)C(O)C(OP(=O)(O)O)[C@@H](OP(=O)(O)O)C1O. The Hall–Kier alpha value is -1.89. The summed E-state index contributed by atoms with van der Waals surface area (Å²) in [6.45, 7) is 2.87. The molecule has 0 aromatic heterocycles. The number of aliphatic hydroxyl groups is 3. The van der Waals surface area contributed by atoms with Crippen molar-refractivity contribution in [2.24, 2.45) is 0 Å². The zero-order chi connectivity index (χ0) is 50.0. The molecule has 0 aromatic carbocycles. The number of hydrogen-bond acceptors (Lipinski definition) is 14. The molecule has 1 saturated carbocycles. The van der Waals surface area contributed by atoms with E-state index in [-0.39, 0.29) is 12.8 Å². The van der Waals surface area contributed by atoms with Gasteiger partial charge in [0, 0.05) is 12.8 Å². The number of hydrogen-bond donors (Lipinski definition) is 8. The third-order valence-electron chi connectivity index (χ3n) is 10.6. The van der Waals surface area contributed by atoms with Crippen molar-refractivity contribution in [1.82, 2.24) is 0 Å². The number of phosphoric acid groups is 3. The molecule has 1 aliphatic rings. The molecule has 1 rings (SSSR count). The molecule has 1 fully saturated rings. The van der Waals surface area contributed by atoms with Crippen LogP contribution in [-0.2, 0) is 50.9 Å². The summed E-state index contributed by atoms with van der Waals surface area (Å²) in [6, 6.07) is 0. The average molecular weight is 1020 g/mol. The van der Waals surface area contributed by atoms with Crippen molar-refractivity contribution in [1.29, 1.82) is 0 Å². The van der Waals surface area contributed by atoms with Gasteiger partial charge in [-0.1, -0.05) is 152 Å². The van der Waals surface area contributed by atoms with E-state index in [1.165, 1.54) is 70.6 Å². The predicted octanol–water partition coefficient (Wildman–Crippen LogP) is 8.62. The Morgan fingerprint density at radius 1 is 0.478 bits per heavy atom. The first kappa shape index (κ1) is 63.1. The molecule has 0 saturated heterocycles. The highest BCUT2D eigenvalue weighted by molar-refractivity contribution is 7.47. The van der Waals surface area contributed by atoms with Crippen LogP contribution in [0, 0.1) is 0 Å².